The van der Waals surface area contributed by atoms with Crippen LogP contribution in [0.2, 0.25) is 0 Å². The van der Waals surface area contributed by atoms with E-state index in [4.69, 9.17) is 9.29 Å². The largest absolute Gasteiger partial charge is 0.446 e. The SMILES string of the molecule is C=CCc1ccccc1OS(=O)(=O)O.CCOCC.N. The van der Waals surface area contributed by atoms with E-state index in [1.807, 2.05) is 13.8 Å². The van der Waals surface area contributed by atoms with E-state index in [1.165, 1.54) is 6.07 Å². The van der Waals surface area contributed by atoms with Crippen LogP contribution in [-0.2, 0) is 21.6 Å². The fourth-order valence-corrected chi connectivity index (χ4v) is 1.62. The third-order valence-corrected chi connectivity index (χ3v) is 2.33. The van der Waals surface area contributed by atoms with E-state index in [0.717, 1.165) is 13.2 Å². The predicted octanol–water partition coefficient (Wildman–Crippen LogP) is 2.80. The van der Waals surface area contributed by atoms with Crippen molar-refractivity contribution in [1.29, 1.82) is 0 Å². The molecule has 0 saturated heterocycles. The summed E-state index contributed by atoms with van der Waals surface area (Å²) in [5.74, 6) is 0.120. The van der Waals surface area contributed by atoms with Crippen LogP contribution in [0.25, 0.3) is 0 Å². The van der Waals surface area contributed by atoms with E-state index in [9.17, 15) is 8.42 Å². The molecule has 0 fully saturated rings. The molecular weight excluding hydrogens is 282 g/mol. The Morgan fingerprint density at radius 3 is 2.20 bits per heavy atom. The van der Waals surface area contributed by atoms with Gasteiger partial charge in [-0.3, -0.25) is 4.55 Å². The molecule has 0 amide bonds. The van der Waals surface area contributed by atoms with Crippen LogP contribution in [0.4, 0.5) is 0 Å². The molecule has 6 nitrogen and oxygen atoms in total. The molecule has 1 aromatic rings. The van der Waals surface area contributed by atoms with E-state index < -0.39 is 10.4 Å². The third kappa shape index (κ3) is 10.5. The average Bonchev–Trinajstić information content (AvgIpc) is 2.32. The van der Waals surface area contributed by atoms with Gasteiger partial charge in [-0.1, -0.05) is 24.3 Å². The van der Waals surface area contributed by atoms with Gasteiger partial charge >= 0.3 is 10.4 Å². The molecule has 0 aliphatic carbocycles. The first-order chi connectivity index (χ1) is 8.94. The molecule has 20 heavy (non-hydrogen) atoms. The molecule has 0 aliphatic rings. The zero-order chi connectivity index (χ0) is 14.7. The minimum absolute atomic E-state index is 0. The lowest BCUT2D eigenvalue weighted by molar-refractivity contribution is 0.162. The van der Waals surface area contributed by atoms with Crippen molar-refractivity contribution in [3.8, 4) is 5.75 Å². The molecule has 1 aromatic carbocycles. The molecule has 0 radical (unpaired) electrons. The van der Waals surface area contributed by atoms with Gasteiger partial charge in [-0.2, -0.15) is 8.42 Å². The van der Waals surface area contributed by atoms with E-state index in [2.05, 4.69) is 10.8 Å². The van der Waals surface area contributed by atoms with E-state index in [-0.39, 0.29) is 11.9 Å². The van der Waals surface area contributed by atoms with Crippen molar-refractivity contribution in [2.24, 2.45) is 0 Å². The molecule has 0 heterocycles. The van der Waals surface area contributed by atoms with Gasteiger partial charge in [0.15, 0.2) is 0 Å². The summed E-state index contributed by atoms with van der Waals surface area (Å²) in [7, 11) is -4.45. The summed E-state index contributed by atoms with van der Waals surface area (Å²) in [6.45, 7) is 9.19. The fourth-order valence-electron chi connectivity index (χ4n) is 1.23. The van der Waals surface area contributed by atoms with Gasteiger partial charge in [0.25, 0.3) is 0 Å². The van der Waals surface area contributed by atoms with Crippen LogP contribution in [0.15, 0.2) is 36.9 Å². The summed E-state index contributed by atoms with van der Waals surface area (Å²) in [5.41, 5.74) is 0.653. The van der Waals surface area contributed by atoms with Crippen molar-refractivity contribution < 1.29 is 21.9 Å². The normalized spacial score (nSPS) is 9.75. The van der Waals surface area contributed by atoms with Crippen molar-refractivity contribution in [2.45, 2.75) is 20.3 Å². The molecule has 0 unspecified atom stereocenters. The summed E-state index contributed by atoms with van der Waals surface area (Å²) < 4.78 is 38.6. The highest BCUT2D eigenvalue weighted by Crippen LogP contribution is 2.19. The first-order valence-electron chi connectivity index (χ1n) is 5.88. The standard InChI is InChI=1S/C9H10O4S.C4H10O.H3N/c1-2-5-8-6-3-4-7-9(8)13-14(10,11)12;1-3-5-4-2;/h2-4,6-7H,1,5H2,(H,10,11,12);3-4H2,1-2H3;1H3. The van der Waals surface area contributed by atoms with Crippen LogP contribution in [0.3, 0.4) is 0 Å². The summed E-state index contributed by atoms with van der Waals surface area (Å²) in [4.78, 5) is 0. The number of allylic oxidation sites excluding steroid dienone is 1. The molecule has 0 saturated carbocycles. The summed E-state index contributed by atoms with van der Waals surface area (Å²) in [5, 5.41) is 0. The molecule has 1 rings (SSSR count). The van der Waals surface area contributed by atoms with Crippen LogP contribution in [-0.4, -0.2) is 26.2 Å². The topological polar surface area (TPSA) is 108 Å². The highest BCUT2D eigenvalue weighted by atomic mass is 32.3. The number of ether oxygens (including phenoxy) is 1. The summed E-state index contributed by atoms with van der Waals surface area (Å²) in [6.07, 6.45) is 2.10. The fraction of sp³-hybridized carbons (Fsp3) is 0.385. The maximum absolute atomic E-state index is 10.5. The molecule has 0 aromatic heterocycles. The zero-order valence-electron chi connectivity index (χ0n) is 11.9. The van der Waals surface area contributed by atoms with Gasteiger partial charge in [0.05, 0.1) is 0 Å². The van der Waals surface area contributed by atoms with Gasteiger partial charge in [0, 0.05) is 13.2 Å². The molecule has 0 spiro atoms. The number of rotatable bonds is 6. The zero-order valence-corrected chi connectivity index (χ0v) is 12.7. The maximum Gasteiger partial charge on any atom is 0.446 e. The minimum atomic E-state index is -4.45. The van der Waals surface area contributed by atoms with Gasteiger partial charge in [0.1, 0.15) is 5.75 Å². The van der Waals surface area contributed by atoms with Crippen molar-refractivity contribution >= 4 is 10.4 Å². The number of benzene rings is 1. The van der Waals surface area contributed by atoms with Gasteiger partial charge in [-0.05, 0) is 31.9 Å². The summed E-state index contributed by atoms with van der Waals surface area (Å²) in [6, 6.07) is 6.53. The maximum atomic E-state index is 10.5. The Kier molecular flexibility index (Phi) is 11.9. The first-order valence-corrected chi connectivity index (χ1v) is 7.24. The average molecular weight is 305 g/mol. The van der Waals surface area contributed by atoms with Gasteiger partial charge in [-0.25, -0.2) is 0 Å². The lowest BCUT2D eigenvalue weighted by Crippen LogP contribution is -2.08. The smallest absolute Gasteiger partial charge is 0.382 e. The molecule has 116 valence electrons. The number of para-hydroxylation sites is 1. The molecule has 4 N–H and O–H groups in total. The molecule has 0 bridgehead atoms. The Morgan fingerprint density at radius 2 is 1.80 bits per heavy atom. The van der Waals surface area contributed by atoms with Crippen molar-refractivity contribution in [3.05, 3.63) is 42.5 Å². The Labute approximate surface area is 121 Å². The molecule has 0 atom stereocenters. The second-order valence-corrected chi connectivity index (χ2v) is 4.42. The van der Waals surface area contributed by atoms with Crippen LogP contribution in [0.1, 0.15) is 19.4 Å². The highest BCUT2D eigenvalue weighted by Gasteiger charge is 2.09. The second-order valence-electron chi connectivity index (χ2n) is 3.39. The van der Waals surface area contributed by atoms with E-state index in [1.54, 1.807) is 24.3 Å². The molecule has 7 heteroatoms. The lowest BCUT2D eigenvalue weighted by atomic mass is 10.1. The highest BCUT2D eigenvalue weighted by molar-refractivity contribution is 7.81. The van der Waals surface area contributed by atoms with Crippen LogP contribution >= 0.6 is 0 Å². The minimum Gasteiger partial charge on any atom is -0.382 e. The summed E-state index contributed by atoms with van der Waals surface area (Å²) >= 11 is 0. The monoisotopic (exact) mass is 305 g/mol. The quantitative estimate of drug-likeness (QED) is 0.618. The van der Waals surface area contributed by atoms with Crippen molar-refractivity contribution in [2.75, 3.05) is 13.2 Å². The predicted molar refractivity (Wildman–Crippen MR) is 79.7 cm³/mol. The van der Waals surface area contributed by atoms with Gasteiger partial charge in [0.2, 0.25) is 0 Å². The van der Waals surface area contributed by atoms with E-state index in [0.29, 0.717) is 12.0 Å². The lowest BCUT2D eigenvalue weighted by Gasteiger charge is -2.05. The molecular formula is C13H23NO5S. The van der Waals surface area contributed by atoms with Crippen LogP contribution in [0.5, 0.6) is 5.75 Å². The number of hydrogen-bond acceptors (Lipinski definition) is 5. The van der Waals surface area contributed by atoms with Crippen LogP contribution < -0.4 is 10.3 Å². The van der Waals surface area contributed by atoms with Crippen molar-refractivity contribution in [3.63, 3.8) is 0 Å². The van der Waals surface area contributed by atoms with Crippen LogP contribution in [0, 0.1) is 0 Å². The Bertz CT molecular complexity index is 471. The third-order valence-electron chi connectivity index (χ3n) is 1.94. The second kappa shape index (κ2) is 11.4. The molecule has 0 aliphatic heterocycles. The first kappa shape index (κ1) is 20.9. The Hall–Kier alpha value is -1.41. The van der Waals surface area contributed by atoms with Gasteiger partial charge < -0.3 is 15.1 Å². The van der Waals surface area contributed by atoms with Crippen molar-refractivity contribution in [1.82, 2.24) is 6.15 Å². The Balaban J connectivity index is 0. The van der Waals surface area contributed by atoms with Gasteiger partial charge in [-0.15, -0.1) is 6.58 Å². The number of hydrogen-bond donors (Lipinski definition) is 2. The Morgan fingerprint density at radius 1 is 1.25 bits per heavy atom. The van der Waals surface area contributed by atoms with E-state index >= 15 is 0 Å².